The van der Waals surface area contributed by atoms with E-state index in [1.807, 2.05) is 24.4 Å². The van der Waals surface area contributed by atoms with Crippen molar-refractivity contribution in [2.45, 2.75) is 58.0 Å². The molecule has 6 nitrogen and oxygen atoms in total. The number of rotatable bonds is 8. The monoisotopic (exact) mass is 414 g/mol. The van der Waals surface area contributed by atoms with Gasteiger partial charge in [-0.05, 0) is 83.1 Å². The minimum absolute atomic E-state index is 0.0208. The van der Waals surface area contributed by atoms with E-state index < -0.39 is 0 Å². The first-order valence-corrected chi connectivity index (χ1v) is 11.3. The Hall–Kier alpha value is -2.05. The molecule has 0 unspecified atom stereocenters. The summed E-state index contributed by atoms with van der Waals surface area (Å²) in [5.74, 6) is 0.821. The van der Waals surface area contributed by atoms with Gasteiger partial charge in [-0.3, -0.25) is 4.57 Å². The Morgan fingerprint density at radius 1 is 1.17 bits per heavy atom. The number of nitrogens with zero attached hydrogens (tertiary/aromatic N) is 3. The van der Waals surface area contributed by atoms with Crippen molar-refractivity contribution in [3.8, 4) is 5.75 Å². The fourth-order valence-electron chi connectivity index (χ4n) is 4.69. The third-order valence-electron chi connectivity index (χ3n) is 6.49. The van der Waals surface area contributed by atoms with Crippen LogP contribution in [0, 0.1) is 0 Å². The van der Waals surface area contributed by atoms with E-state index in [1.54, 1.807) is 11.7 Å². The molecule has 1 aliphatic rings. The third kappa shape index (κ3) is 5.16. The number of hydrogen-bond donors (Lipinski definition) is 1. The number of hydrogen-bond acceptors (Lipinski definition) is 4. The van der Waals surface area contributed by atoms with Gasteiger partial charge < -0.3 is 19.9 Å². The van der Waals surface area contributed by atoms with Crippen LogP contribution in [-0.2, 0) is 6.42 Å². The van der Waals surface area contributed by atoms with Crippen molar-refractivity contribution < 1.29 is 9.53 Å². The highest BCUT2D eigenvalue weighted by Crippen LogP contribution is 2.27. The molecule has 1 heterocycles. The molecule has 6 heteroatoms. The standard InChI is InChI=1S/C24H38N4O2/c1-6-27(7-2)20-10-8-19(9-11-20)25-24(29)28-17-18(14-15-26(3)4)22-16-21(30-5)12-13-23(22)28/h12-13,16-17,19-20H,6-11,14-15H2,1-5H3,(H,25,29). The molecular weight excluding hydrogens is 376 g/mol. The molecule has 1 aliphatic carbocycles. The van der Waals surface area contributed by atoms with Gasteiger partial charge in [0.1, 0.15) is 5.75 Å². The zero-order chi connectivity index (χ0) is 21.7. The first-order chi connectivity index (χ1) is 14.5. The van der Waals surface area contributed by atoms with Crippen molar-refractivity contribution in [1.82, 2.24) is 19.7 Å². The summed E-state index contributed by atoms with van der Waals surface area (Å²) in [6.45, 7) is 7.61. The second-order valence-corrected chi connectivity index (χ2v) is 8.64. The van der Waals surface area contributed by atoms with Crippen LogP contribution in [0.1, 0.15) is 45.1 Å². The summed E-state index contributed by atoms with van der Waals surface area (Å²) in [6.07, 6.45) is 7.31. The number of likely N-dealkylation sites (N-methyl/N-ethyl adjacent to an activating group) is 1. The zero-order valence-corrected chi connectivity index (χ0v) is 19.3. The molecule has 0 atom stereocenters. The number of amides is 1. The minimum Gasteiger partial charge on any atom is -0.497 e. The maximum Gasteiger partial charge on any atom is 0.326 e. The van der Waals surface area contributed by atoms with Crippen LogP contribution < -0.4 is 10.1 Å². The Balaban J connectivity index is 1.73. The second-order valence-electron chi connectivity index (χ2n) is 8.64. The van der Waals surface area contributed by atoms with Crippen molar-refractivity contribution in [2.24, 2.45) is 0 Å². The second kappa shape index (κ2) is 10.3. The molecule has 1 amide bonds. The van der Waals surface area contributed by atoms with Gasteiger partial charge in [0.2, 0.25) is 0 Å². The summed E-state index contributed by atoms with van der Waals surface area (Å²) >= 11 is 0. The van der Waals surface area contributed by atoms with Crippen LogP contribution in [-0.4, -0.2) is 73.3 Å². The summed E-state index contributed by atoms with van der Waals surface area (Å²) in [5.41, 5.74) is 2.12. The normalized spacial score (nSPS) is 19.6. The quantitative estimate of drug-likeness (QED) is 0.710. The number of ether oxygens (including phenoxy) is 1. The number of carbonyl (C=O) groups is 1. The fraction of sp³-hybridized carbons (Fsp3) is 0.625. The SMILES string of the molecule is CCN(CC)C1CCC(NC(=O)n2cc(CCN(C)C)c3cc(OC)ccc32)CC1. The lowest BCUT2D eigenvalue weighted by molar-refractivity contribution is 0.157. The number of carbonyl (C=O) groups excluding carboxylic acids is 1. The molecule has 0 spiro atoms. The first-order valence-electron chi connectivity index (χ1n) is 11.3. The highest BCUT2D eigenvalue weighted by atomic mass is 16.5. The van der Waals surface area contributed by atoms with Gasteiger partial charge in [-0.2, -0.15) is 0 Å². The molecule has 3 rings (SSSR count). The number of fused-ring (bicyclic) bond motifs is 1. The van der Waals surface area contributed by atoms with Crippen molar-refractivity contribution in [3.63, 3.8) is 0 Å². The van der Waals surface area contributed by atoms with Crippen molar-refractivity contribution in [1.29, 1.82) is 0 Å². The largest absolute Gasteiger partial charge is 0.497 e. The third-order valence-corrected chi connectivity index (χ3v) is 6.49. The molecule has 1 saturated carbocycles. The molecule has 0 bridgehead atoms. The Morgan fingerprint density at radius 2 is 1.87 bits per heavy atom. The molecule has 0 aliphatic heterocycles. The topological polar surface area (TPSA) is 49.7 Å². The highest BCUT2D eigenvalue weighted by molar-refractivity contribution is 5.94. The lowest BCUT2D eigenvalue weighted by Crippen LogP contribution is -2.44. The van der Waals surface area contributed by atoms with Gasteiger partial charge in [0.05, 0.1) is 12.6 Å². The Kier molecular flexibility index (Phi) is 7.78. The van der Waals surface area contributed by atoms with Crippen LogP contribution in [0.15, 0.2) is 24.4 Å². The maximum absolute atomic E-state index is 13.2. The summed E-state index contributed by atoms with van der Waals surface area (Å²) in [7, 11) is 5.82. The molecule has 166 valence electrons. The molecule has 1 fully saturated rings. The van der Waals surface area contributed by atoms with E-state index in [0.29, 0.717) is 6.04 Å². The predicted molar refractivity (Wildman–Crippen MR) is 124 cm³/mol. The molecule has 2 aromatic rings. The van der Waals surface area contributed by atoms with Crippen LogP contribution in [0.25, 0.3) is 10.9 Å². The summed E-state index contributed by atoms with van der Waals surface area (Å²) in [5, 5.41) is 4.39. The zero-order valence-electron chi connectivity index (χ0n) is 19.3. The van der Waals surface area contributed by atoms with Crippen molar-refractivity contribution in [2.75, 3.05) is 40.8 Å². The molecule has 1 aromatic heterocycles. The van der Waals surface area contributed by atoms with E-state index in [2.05, 4.69) is 43.1 Å². The Morgan fingerprint density at radius 3 is 2.47 bits per heavy atom. The Labute approximate surface area is 181 Å². The summed E-state index contributed by atoms with van der Waals surface area (Å²) in [4.78, 5) is 17.9. The van der Waals surface area contributed by atoms with E-state index in [4.69, 9.17) is 4.74 Å². The van der Waals surface area contributed by atoms with Crippen LogP contribution in [0.2, 0.25) is 0 Å². The molecule has 0 radical (unpaired) electrons. The molecule has 0 saturated heterocycles. The minimum atomic E-state index is -0.0208. The van der Waals surface area contributed by atoms with Gasteiger partial charge in [0.15, 0.2) is 0 Å². The fourth-order valence-corrected chi connectivity index (χ4v) is 4.69. The van der Waals surface area contributed by atoms with Crippen LogP contribution >= 0.6 is 0 Å². The average Bonchev–Trinajstić information content (AvgIpc) is 3.12. The average molecular weight is 415 g/mol. The molecular formula is C24H38N4O2. The maximum atomic E-state index is 13.2. The van der Waals surface area contributed by atoms with E-state index in [9.17, 15) is 4.79 Å². The molecule has 30 heavy (non-hydrogen) atoms. The smallest absolute Gasteiger partial charge is 0.326 e. The van der Waals surface area contributed by atoms with Gasteiger partial charge in [-0.1, -0.05) is 13.8 Å². The van der Waals surface area contributed by atoms with Gasteiger partial charge >= 0.3 is 6.03 Å². The van der Waals surface area contributed by atoms with E-state index in [1.165, 1.54) is 5.56 Å². The predicted octanol–water partition coefficient (Wildman–Crippen LogP) is 3.96. The van der Waals surface area contributed by atoms with E-state index in [0.717, 1.165) is 68.4 Å². The van der Waals surface area contributed by atoms with E-state index >= 15 is 0 Å². The molecule has 1 N–H and O–H groups in total. The summed E-state index contributed by atoms with van der Waals surface area (Å²) < 4.78 is 7.21. The lowest BCUT2D eigenvalue weighted by Gasteiger charge is -2.36. The Bertz CT molecular complexity index is 833. The van der Waals surface area contributed by atoms with Crippen molar-refractivity contribution >= 4 is 16.9 Å². The van der Waals surface area contributed by atoms with Crippen LogP contribution in [0.4, 0.5) is 4.79 Å². The van der Waals surface area contributed by atoms with Gasteiger partial charge in [-0.15, -0.1) is 0 Å². The lowest BCUT2D eigenvalue weighted by atomic mass is 9.90. The first kappa shape index (κ1) is 22.6. The van der Waals surface area contributed by atoms with Gasteiger partial charge in [0, 0.05) is 30.2 Å². The number of nitrogens with one attached hydrogen (secondary N) is 1. The van der Waals surface area contributed by atoms with Crippen molar-refractivity contribution in [3.05, 3.63) is 30.0 Å². The van der Waals surface area contributed by atoms with Gasteiger partial charge in [-0.25, -0.2) is 4.79 Å². The van der Waals surface area contributed by atoms with Gasteiger partial charge in [0.25, 0.3) is 0 Å². The van der Waals surface area contributed by atoms with E-state index in [-0.39, 0.29) is 12.1 Å². The summed E-state index contributed by atoms with van der Waals surface area (Å²) in [6, 6.07) is 6.85. The van der Waals surface area contributed by atoms with Crippen LogP contribution in [0.3, 0.4) is 0 Å². The van der Waals surface area contributed by atoms with Crippen LogP contribution in [0.5, 0.6) is 5.75 Å². The number of methoxy groups -OCH3 is 1. The highest BCUT2D eigenvalue weighted by Gasteiger charge is 2.26. The number of benzene rings is 1. The molecule has 1 aromatic carbocycles. The number of aromatic nitrogens is 1.